The Labute approximate surface area is 145 Å². The van der Waals surface area contributed by atoms with Crippen LogP contribution in [0.3, 0.4) is 0 Å². The Balaban J connectivity index is 1.58. The van der Waals surface area contributed by atoms with Crippen molar-refractivity contribution in [3.8, 4) is 0 Å². The highest BCUT2D eigenvalue weighted by atomic mass is 16.2. The molecular weight excluding hydrogens is 316 g/mol. The highest BCUT2D eigenvalue weighted by Gasteiger charge is 2.17. The molecule has 1 aromatic heterocycles. The number of imidazole rings is 1. The van der Waals surface area contributed by atoms with Crippen molar-refractivity contribution in [1.29, 1.82) is 0 Å². The number of aromatic nitrogens is 2. The molecule has 3 N–H and O–H groups in total. The number of carbonyl (C=O) groups is 2. The van der Waals surface area contributed by atoms with Crippen molar-refractivity contribution < 1.29 is 9.59 Å². The number of aromatic amines is 1. The first-order chi connectivity index (χ1) is 12.0. The largest absolute Gasteiger partial charge is 0.344 e. The molecule has 0 unspecified atom stereocenters. The van der Waals surface area contributed by atoms with Gasteiger partial charge in [-0.05, 0) is 37.1 Å². The molecular formula is C19H20N4O2. The number of aryl methyl sites for hydroxylation is 1. The normalized spacial score (nSPS) is 11.9. The molecule has 0 aliphatic heterocycles. The van der Waals surface area contributed by atoms with Crippen LogP contribution in [0.5, 0.6) is 0 Å². The third-order valence-electron chi connectivity index (χ3n) is 4.01. The molecule has 0 aliphatic rings. The highest BCUT2D eigenvalue weighted by molar-refractivity contribution is 5.97. The molecule has 0 radical (unpaired) electrons. The number of anilines is 1. The average molecular weight is 336 g/mol. The molecule has 0 aliphatic carbocycles. The molecule has 3 aromatic rings. The predicted octanol–water partition coefficient (Wildman–Crippen LogP) is 2.56. The Morgan fingerprint density at radius 1 is 1.12 bits per heavy atom. The van der Waals surface area contributed by atoms with E-state index in [9.17, 15) is 9.59 Å². The van der Waals surface area contributed by atoms with Crippen LogP contribution in [0.2, 0.25) is 0 Å². The fraction of sp³-hybridized carbons (Fsp3) is 0.211. The molecule has 128 valence electrons. The van der Waals surface area contributed by atoms with E-state index in [0.29, 0.717) is 5.95 Å². The van der Waals surface area contributed by atoms with Crippen LogP contribution in [0.25, 0.3) is 11.0 Å². The van der Waals surface area contributed by atoms with Crippen LogP contribution in [-0.2, 0) is 16.0 Å². The predicted molar refractivity (Wildman–Crippen MR) is 97.2 cm³/mol. The number of hydrogen-bond donors (Lipinski definition) is 3. The van der Waals surface area contributed by atoms with Gasteiger partial charge >= 0.3 is 0 Å². The van der Waals surface area contributed by atoms with Crippen LogP contribution in [0.15, 0.2) is 48.5 Å². The molecule has 6 heteroatoms. The minimum atomic E-state index is -0.662. The third-order valence-corrected chi connectivity index (χ3v) is 4.01. The number of carbonyl (C=O) groups excluding carboxylic acids is 2. The Kier molecular flexibility index (Phi) is 4.79. The summed E-state index contributed by atoms with van der Waals surface area (Å²) in [5, 5.41) is 5.41. The van der Waals surface area contributed by atoms with E-state index in [1.807, 2.05) is 55.5 Å². The highest BCUT2D eigenvalue weighted by Crippen LogP contribution is 2.13. The van der Waals surface area contributed by atoms with Crippen molar-refractivity contribution in [2.75, 3.05) is 5.32 Å². The number of fused-ring (bicyclic) bond motifs is 1. The van der Waals surface area contributed by atoms with E-state index < -0.39 is 6.04 Å². The Bertz CT molecular complexity index is 883. The zero-order valence-corrected chi connectivity index (χ0v) is 14.2. The number of H-pyrrole nitrogens is 1. The maximum atomic E-state index is 12.3. The van der Waals surface area contributed by atoms with Gasteiger partial charge in [-0.3, -0.25) is 14.9 Å². The Hall–Kier alpha value is -3.15. The molecule has 1 heterocycles. The fourth-order valence-corrected chi connectivity index (χ4v) is 2.58. The van der Waals surface area contributed by atoms with Crippen LogP contribution >= 0.6 is 0 Å². The second kappa shape index (κ2) is 7.17. The number of benzene rings is 2. The number of amides is 2. The summed E-state index contributed by atoms with van der Waals surface area (Å²) in [5.41, 5.74) is 3.62. The van der Waals surface area contributed by atoms with Crippen molar-refractivity contribution in [1.82, 2.24) is 15.3 Å². The summed E-state index contributed by atoms with van der Waals surface area (Å²) in [5.74, 6) is -0.148. The zero-order chi connectivity index (χ0) is 17.8. The first kappa shape index (κ1) is 16.7. The van der Waals surface area contributed by atoms with E-state index in [2.05, 4.69) is 20.6 Å². The third kappa shape index (κ3) is 4.03. The Morgan fingerprint density at radius 3 is 2.60 bits per heavy atom. The van der Waals surface area contributed by atoms with E-state index in [0.717, 1.165) is 22.2 Å². The fourth-order valence-electron chi connectivity index (χ4n) is 2.58. The molecule has 0 spiro atoms. The van der Waals surface area contributed by atoms with E-state index in [1.54, 1.807) is 6.92 Å². The molecule has 3 rings (SSSR count). The monoisotopic (exact) mass is 336 g/mol. The van der Waals surface area contributed by atoms with Gasteiger partial charge in [0.2, 0.25) is 17.8 Å². The van der Waals surface area contributed by atoms with E-state index in [-0.39, 0.29) is 18.2 Å². The van der Waals surface area contributed by atoms with Crippen LogP contribution in [-0.4, -0.2) is 27.8 Å². The molecule has 0 bridgehead atoms. The summed E-state index contributed by atoms with van der Waals surface area (Å²) in [4.78, 5) is 31.7. The van der Waals surface area contributed by atoms with Gasteiger partial charge in [-0.2, -0.15) is 0 Å². The van der Waals surface area contributed by atoms with E-state index >= 15 is 0 Å². The number of rotatable bonds is 5. The van der Waals surface area contributed by atoms with Crippen LogP contribution < -0.4 is 10.6 Å². The number of nitrogens with zero attached hydrogens (tertiary/aromatic N) is 1. The second-order valence-electron chi connectivity index (χ2n) is 5.98. The van der Waals surface area contributed by atoms with Crippen LogP contribution in [0.1, 0.15) is 18.1 Å². The lowest BCUT2D eigenvalue weighted by Crippen LogP contribution is -2.42. The van der Waals surface area contributed by atoms with E-state index in [1.165, 1.54) is 0 Å². The van der Waals surface area contributed by atoms with Gasteiger partial charge in [0, 0.05) is 0 Å². The lowest BCUT2D eigenvalue weighted by atomic mass is 10.1. The maximum Gasteiger partial charge on any atom is 0.248 e. The second-order valence-corrected chi connectivity index (χ2v) is 5.98. The molecule has 1 atom stereocenters. The molecule has 0 saturated heterocycles. The quantitative estimate of drug-likeness (QED) is 0.669. The summed E-state index contributed by atoms with van der Waals surface area (Å²) in [6, 6.07) is 14.5. The average Bonchev–Trinajstić information content (AvgIpc) is 2.99. The smallest absolute Gasteiger partial charge is 0.248 e. The molecule has 25 heavy (non-hydrogen) atoms. The molecule has 2 aromatic carbocycles. The van der Waals surface area contributed by atoms with Gasteiger partial charge in [0.15, 0.2) is 0 Å². The van der Waals surface area contributed by atoms with Gasteiger partial charge in [0.25, 0.3) is 0 Å². The SMILES string of the molecule is Cc1ccccc1CC(=O)N[C@H](C)C(=O)Nc1nc2ccccc2[nH]1. The van der Waals surface area contributed by atoms with Gasteiger partial charge < -0.3 is 10.3 Å². The van der Waals surface area contributed by atoms with E-state index in [4.69, 9.17) is 0 Å². The first-order valence-electron chi connectivity index (χ1n) is 8.12. The number of hydrogen-bond acceptors (Lipinski definition) is 3. The van der Waals surface area contributed by atoms with Crippen LogP contribution in [0, 0.1) is 6.92 Å². The maximum absolute atomic E-state index is 12.3. The number of nitrogens with one attached hydrogen (secondary N) is 3. The van der Waals surface area contributed by atoms with Crippen LogP contribution in [0.4, 0.5) is 5.95 Å². The van der Waals surface area contributed by atoms with Gasteiger partial charge in [-0.15, -0.1) is 0 Å². The summed E-state index contributed by atoms with van der Waals surface area (Å²) < 4.78 is 0. The minimum Gasteiger partial charge on any atom is -0.344 e. The summed E-state index contributed by atoms with van der Waals surface area (Å²) in [6.07, 6.45) is 0.245. The molecule has 0 saturated carbocycles. The summed E-state index contributed by atoms with van der Waals surface area (Å²) >= 11 is 0. The van der Waals surface area contributed by atoms with Crippen molar-refractivity contribution in [3.05, 3.63) is 59.7 Å². The molecule has 6 nitrogen and oxygen atoms in total. The van der Waals surface area contributed by atoms with Crippen molar-refractivity contribution in [2.24, 2.45) is 0 Å². The van der Waals surface area contributed by atoms with Crippen molar-refractivity contribution in [3.63, 3.8) is 0 Å². The van der Waals surface area contributed by atoms with Gasteiger partial charge in [-0.1, -0.05) is 36.4 Å². The van der Waals surface area contributed by atoms with Crippen molar-refractivity contribution in [2.45, 2.75) is 26.3 Å². The molecule has 2 amide bonds. The topological polar surface area (TPSA) is 86.9 Å². The van der Waals surface area contributed by atoms with Gasteiger partial charge in [-0.25, -0.2) is 4.98 Å². The number of para-hydroxylation sites is 2. The van der Waals surface area contributed by atoms with Gasteiger partial charge in [0.1, 0.15) is 6.04 Å². The van der Waals surface area contributed by atoms with Crippen molar-refractivity contribution >= 4 is 28.8 Å². The first-order valence-corrected chi connectivity index (χ1v) is 8.12. The lowest BCUT2D eigenvalue weighted by Gasteiger charge is -2.13. The molecule has 0 fully saturated rings. The minimum absolute atomic E-state index is 0.193. The zero-order valence-electron chi connectivity index (χ0n) is 14.2. The standard InChI is InChI=1S/C19H20N4O2/c1-12-7-3-4-8-14(12)11-17(24)20-13(2)18(25)23-19-21-15-9-5-6-10-16(15)22-19/h3-10,13H,11H2,1-2H3,(H,20,24)(H2,21,22,23,25)/t13-/m1/s1. The Morgan fingerprint density at radius 2 is 1.84 bits per heavy atom. The lowest BCUT2D eigenvalue weighted by molar-refractivity contribution is -0.125. The summed E-state index contributed by atoms with van der Waals surface area (Å²) in [7, 11) is 0. The van der Waals surface area contributed by atoms with Gasteiger partial charge in [0.05, 0.1) is 17.5 Å². The summed E-state index contributed by atoms with van der Waals surface area (Å²) in [6.45, 7) is 3.61.